The zero-order chi connectivity index (χ0) is 30.3. The Labute approximate surface area is 262 Å². The zero-order valence-corrected chi connectivity index (χ0v) is 25.5. The molecule has 0 amide bonds. The van der Waals surface area contributed by atoms with Crippen LogP contribution >= 0.6 is 0 Å². The molecule has 214 valence electrons. The van der Waals surface area contributed by atoms with Crippen LogP contribution < -0.4 is 10.7 Å². The highest BCUT2D eigenvalue weighted by Crippen LogP contribution is 2.41. The Hall–Kier alpha value is -5.54. The quantitative estimate of drug-likeness (QED) is 0.188. The molecule has 4 heterocycles. The number of rotatable bonds is 0. The summed E-state index contributed by atoms with van der Waals surface area (Å²) in [6.45, 7) is 6.80. The molecule has 1 N–H and O–H groups in total. The smallest absolute Gasteiger partial charge is 0.0737 e. The summed E-state index contributed by atoms with van der Waals surface area (Å²) < 4.78 is 0. The fraction of sp³-hybridized carbons (Fsp3) is 0.0952. The monoisotopic (exact) mass is 577 g/mol. The molecule has 8 bridgehead atoms. The Balaban J connectivity index is 1.40. The second kappa shape index (κ2) is 9.48. The van der Waals surface area contributed by atoms with Crippen LogP contribution in [0.1, 0.15) is 59.7 Å². The lowest BCUT2D eigenvalue weighted by molar-refractivity contribution is 0.591. The predicted octanol–water partition coefficient (Wildman–Crippen LogP) is 8.45. The molecule has 2 aliphatic carbocycles. The van der Waals surface area contributed by atoms with E-state index in [-0.39, 0.29) is 5.41 Å². The number of nitrogens with zero attached hydrogens (tertiary/aromatic N) is 2. The van der Waals surface area contributed by atoms with Gasteiger partial charge in [-0.25, -0.2) is 9.98 Å². The lowest BCUT2D eigenvalue weighted by atomic mass is 9.88. The van der Waals surface area contributed by atoms with Crippen molar-refractivity contribution in [1.29, 1.82) is 0 Å². The van der Waals surface area contributed by atoms with E-state index in [4.69, 9.17) is 9.98 Å². The molecule has 0 saturated heterocycles. The minimum absolute atomic E-state index is 0.0423. The Morgan fingerprint density at radius 3 is 1.38 bits per heavy atom. The lowest BCUT2D eigenvalue weighted by Crippen LogP contribution is -2.14. The number of benzene rings is 3. The highest BCUT2D eigenvalue weighted by Gasteiger charge is 2.24. The minimum Gasteiger partial charge on any atom is -0.354 e. The van der Waals surface area contributed by atoms with E-state index >= 15 is 0 Å². The number of aromatic amines is 1. The van der Waals surface area contributed by atoms with Gasteiger partial charge in [0.2, 0.25) is 0 Å². The van der Waals surface area contributed by atoms with Crippen molar-refractivity contribution >= 4 is 57.9 Å². The molecule has 3 heteroatoms. The number of nitrogens with one attached hydrogen (secondary N) is 1. The number of fused-ring (bicyclic) bond motifs is 18. The Bertz CT molecular complexity index is 2290. The second-order valence-corrected chi connectivity index (χ2v) is 13.2. The number of hydrogen-bond acceptors (Lipinski definition) is 2. The van der Waals surface area contributed by atoms with Gasteiger partial charge in [0, 0.05) is 43.7 Å². The van der Waals surface area contributed by atoms with Crippen molar-refractivity contribution in [2.75, 3.05) is 0 Å². The van der Waals surface area contributed by atoms with Crippen molar-refractivity contribution in [2.24, 2.45) is 9.98 Å². The standard InChI is InChI=1S/C42H31N3/c1-42(2,3)27-16-18-28-25-20-26(29(28)19-17-27)22-37-31-11-5-7-13-33(31)39(44-37)24-41-35-15-9-8-14-34(35)40(45-41)23-38-32-12-6-4-10-30(32)36(21-25)43-38/h4-24,45H,1-3H3. The first-order valence-electron chi connectivity index (χ1n) is 15.6. The minimum atomic E-state index is 0.0423. The summed E-state index contributed by atoms with van der Waals surface area (Å²) in [6, 6.07) is 37.1. The Morgan fingerprint density at radius 2 is 0.911 bits per heavy atom. The molecule has 3 aliphatic heterocycles. The lowest BCUT2D eigenvalue weighted by Gasteiger charge is -2.17. The predicted molar refractivity (Wildman–Crippen MR) is 190 cm³/mol. The molecule has 45 heavy (non-hydrogen) atoms. The van der Waals surface area contributed by atoms with Gasteiger partial charge in [-0.2, -0.15) is 0 Å². The molecular formula is C42H31N3. The molecule has 0 saturated carbocycles. The summed E-state index contributed by atoms with van der Waals surface area (Å²) in [6.07, 6.45) is 8.92. The van der Waals surface area contributed by atoms with E-state index in [2.05, 4.69) is 153 Å². The summed E-state index contributed by atoms with van der Waals surface area (Å²) in [5.74, 6) is 0. The summed E-state index contributed by atoms with van der Waals surface area (Å²) in [7, 11) is 0. The molecule has 3 aromatic carbocycles. The van der Waals surface area contributed by atoms with Crippen molar-refractivity contribution in [3.8, 4) is 11.1 Å². The first-order chi connectivity index (χ1) is 21.9. The molecule has 0 spiro atoms. The van der Waals surface area contributed by atoms with Gasteiger partial charge >= 0.3 is 0 Å². The Kier molecular flexibility index (Phi) is 5.46. The van der Waals surface area contributed by atoms with Crippen LogP contribution in [0.15, 0.2) is 113 Å². The van der Waals surface area contributed by atoms with Crippen molar-refractivity contribution in [3.63, 3.8) is 0 Å². The largest absolute Gasteiger partial charge is 0.354 e. The molecular weight excluding hydrogens is 546 g/mol. The third-order valence-electron chi connectivity index (χ3n) is 9.31. The molecule has 4 aromatic rings. The molecule has 0 unspecified atom stereocenters. The maximum absolute atomic E-state index is 5.26. The van der Waals surface area contributed by atoms with Crippen LogP contribution in [0, 0.1) is 0 Å². The molecule has 1 aromatic heterocycles. The summed E-state index contributed by atoms with van der Waals surface area (Å²) >= 11 is 0. The van der Waals surface area contributed by atoms with E-state index in [1.165, 1.54) is 27.5 Å². The van der Waals surface area contributed by atoms with Crippen molar-refractivity contribution in [1.82, 2.24) is 4.98 Å². The van der Waals surface area contributed by atoms with Gasteiger partial charge in [0.1, 0.15) is 0 Å². The second-order valence-electron chi connectivity index (χ2n) is 13.2. The van der Waals surface area contributed by atoms with E-state index in [0.717, 1.165) is 66.9 Å². The maximum atomic E-state index is 5.26. The van der Waals surface area contributed by atoms with Crippen molar-refractivity contribution in [2.45, 2.75) is 26.2 Å². The van der Waals surface area contributed by atoms with E-state index in [1.54, 1.807) is 0 Å². The van der Waals surface area contributed by atoms with Crippen LogP contribution in [0.2, 0.25) is 0 Å². The van der Waals surface area contributed by atoms with E-state index in [0.29, 0.717) is 0 Å². The number of aliphatic imine (C=N–C) groups is 2. The van der Waals surface area contributed by atoms with Crippen LogP contribution in [0.25, 0.3) is 57.6 Å². The van der Waals surface area contributed by atoms with Gasteiger partial charge in [0.05, 0.1) is 22.8 Å². The van der Waals surface area contributed by atoms with Gasteiger partial charge in [0.25, 0.3) is 0 Å². The molecule has 0 atom stereocenters. The van der Waals surface area contributed by atoms with Crippen LogP contribution in [0.4, 0.5) is 0 Å². The molecule has 0 fully saturated rings. The van der Waals surface area contributed by atoms with Gasteiger partial charge in [-0.05, 0) is 63.6 Å². The highest BCUT2D eigenvalue weighted by molar-refractivity contribution is 6.29. The maximum Gasteiger partial charge on any atom is 0.0737 e. The number of H-pyrrole nitrogens is 1. The fourth-order valence-electron chi connectivity index (χ4n) is 6.98. The summed E-state index contributed by atoms with van der Waals surface area (Å²) in [5.41, 5.74) is 14.6. The van der Waals surface area contributed by atoms with Crippen LogP contribution in [0.5, 0.6) is 0 Å². The third-order valence-corrected chi connectivity index (χ3v) is 9.31. The third kappa shape index (κ3) is 4.12. The molecule has 9 rings (SSSR count). The average molecular weight is 578 g/mol. The first-order valence-corrected chi connectivity index (χ1v) is 15.6. The SMILES string of the molecule is CC(C)(C)c1ccc2c3cc(c-2cc1)C=C1N=C(C=c2[nH]c(c4ccccc24)=CC2=NC(=C3)c3ccccc32)c2ccccc21. The Morgan fingerprint density at radius 1 is 0.467 bits per heavy atom. The van der Waals surface area contributed by atoms with Crippen LogP contribution in [-0.2, 0) is 5.41 Å². The summed E-state index contributed by atoms with van der Waals surface area (Å²) in [4.78, 5) is 14.3. The van der Waals surface area contributed by atoms with Gasteiger partial charge in [0.15, 0.2) is 0 Å². The zero-order valence-electron chi connectivity index (χ0n) is 25.5. The highest BCUT2D eigenvalue weighted by atomic mass is 14.8. The first kappa shape index (κ1) is 25.9. The molecule has 5 aliphatic rings. The van der Waals surface area contributed by atoms with E-state index in [1.807, 2.05) is 0 Å². The molecule has 0 radical (unpaired) electrons. The summed E-state index contributed by atoms with van der Waals surface area (Å²) in [5, 5.41) is 4.43. The number of hydrogen-bond donors (Lipinski definition) is 1. The normalized spacial score (nSPS) is 15.0. The van der Waals surface area contributed by atoms with Crippen LogP contribution in [0.3, 0.4) is 0 Å². The van der Waals surface area contributed by atoms with Gasteiger partial charge in [-0.15, -0.1) is 0 Å². The topological polar surface area (TPSA) is 40.5 Å². The van der Waals surface area contributed by atoms with Crippen molar-refractivity contribution < 1.29 is 0 Å². The van der Waals surface area contributed by atoms with Gasteiger partial charge < -0.3 is 4.98 Å². The van der Waals surface area contributed by atoms with E-state index in [9.17, 15) is 0 Å². The fourth-order valence-corrected chi connectivity index (χ4v) is 6.98. The van der Waals surface area contributed by atoms with E-state index < -0.39 is 0 Å². The van der Waals surface area contributed by atoms with Gasteiger partial charge in [-0.1, -0.05) is 118 Å². The van der Waals surface area contributed by atoms with Gasteiger partial charge in [-0.3, -0.25) is 0 Å². The molecule has 3 nitrogen and oxygen atoms in total. The van der Waals surface area contributed by atoms with Crippen molar-refractivity contribution in [3.05, 3.63) is 153 Å². The number of aromatic nitrogens is 1. The average Bonchev–Trinajstić information content (AvgIpc) is 3.71. The van der Waals surface area contributed by atoms with Crippen LogP contribution in [-0.4, -0.2) is 16.4 Å².